The Bertz CT molecular complexity index is 1310. The van der Waals surface area contributed by atoms with Gasteiger partial charge in [-0.05, 0) is 40.5 Å². The molecule has 0 atom stereocenters. The number of hydrogen-bond donors (Lipinski definition) is 2. The molecule has 0 bridgehead atoms. The summed E-state index contributed by atoms with van der Waals surface area (Å²) >= 11 is 0. The number of fused-ring (bicyclic) bond motifs is 1. The van der Waals surface area contributed by atoms with Gasteiger partial charge >= 0.3 is 0 Å². The summed E-state index contributed by atoms with van der Waals surface area (Å²) in [4.78, 5) is 25.3. The molecule has 0 spiro atoms. The number of hydrogen-bond acceptors (Lipinski definition) is 5. The zero-order chi connectivity index (χ0) is 24.1. The van der Waals surface area contributed by atoms with E-state index in [0.29, 0.717) is 25.2 Å². The molecule has 1 aliphatic rings. The second-order valence-electron chi connectivity index (χ2n) is 8.01. The van der Waals surface area contributed by atoms with Gasteiger partial charge in [0.05, 0.1) is 24.5 Å². The average molecular weight is 482 g/mol. The minimum absolute atomic E-state index is 0.0903. The molecule has 2 N–H and O–H groups in total. The Hall–Kier alpha value is -3.27. The highest BCUT2D eigenvalue weighted by Gasteiger charge is 2.29. The van der Waals surface area contributed by atoms with Crippen LogP contribution in [0, 0.1) is 0 Å². The van der Waals surface area contributed by atoms with Crippen molar-refractivity contribution >= 4 is 32.6 Å². The maximum absolute atomic E-state index is 13.2. The van der Waals surface area contributed by atoms with Crippen molar-refractivity contribution in [3.63, 3.8) is 0 Å². The Morgan fingerprint density at radius 2 is 1.68 bits per heavy atom. The van der Waals surface area contributed by atoms with Gasteiger partial charge in [-0.25, -0.2) is 8.42 Å². The van der Waals surface area contributed by atoms with Gasteiger partial charge in [-0.15, -0.1) is 0 Å². The van der Waals surface area contributed by atoms with Gasteiger partial charge in [-0.2, -0.15) is 4.31 Å². The first-order valence-corrected chi connectivity index (χ1v) is 12.6. The number of sulfonamides is 1. The van der Waals surface area contributed by atoms with Gasteiger partial charge in [-0.1, -0.05) is 55.5 Å². The Balaban J connectivity index is 1.46. The quantitative estimate of drug-likeness (QED) is 0.526. The van der Waals surface area contributed by atoms with Crippen LogP contribution in [0.15, 0.2) is 65.6 Å². The first-order chi connectivity index (χ1) is 16.4. The molecule has 1 saturated heterocycles. The number of carbonyl (C=O) groups excluding carboxylic acids is 2. The van der Waals surface area contributed by atoms with Crippen LogP contribution >= 0.6 is 0 Å². The SMILES string of the molecule is CCc1ccc(C(=O)NNC(=O)Cc2cccc3ccccc23)cc1S(=O)(=O)N1CCOCC1. The number of rotatable bonds is 6. The first-order valence-electron chi connectivity index (χ1n) is 11.2. The van der Waals surface area contributed by atoms with Crippen LogP contribution in [0.1, 0.15) is 28.4 Å². The molecular formula is C25H27N3O5S. The van der Waals surface area contributed by atoms with Crippen molar-refractivity contribution in [2.45, 2.75) is 24.7 Å². The van der Waals surface area contributed by atoms with Gasteiger partial charge in [0.15, 0.2) is 0 Å². The number of nitrogens with one attached hydrogen (secondary N) is 2. The first kappa shape index (κ1) is 23.9. The number of amides is 2. The van der Waals surface area contributed by atoms with Crippen LogP contribution in [0.3, 0.4) is 0 Å². The third kappa shape index (κ3) is 5.11. The van der Waals surface area contributed by atoms with Crippen molar-refractivity contribution in [3.8, 4) is 0 Å². The minimum Gasteiger partial charge on any atom is -0.379 e. The van der Waals surface area contributed by atoms with Crippen LogP contribution in [-0.4, -0.2) is 50.8 Å². The van der Waals surface area contributed by atoms with Gasteiger partial charge in [0.2, 0.25) is 15.9 Å². The molecule has 178 valence electrons. The summed E-state index contributed by atoms with van der Waals surface area (Å²) in [7, 11) is -3.77. The fourth-order valence-corrected chi connectivity index (χ4v) is 5.74. The van der Waals surface area contributed by atoms with E-state index < -0.39 is 15.9 Å². The molecule has 9 heteroatoms. The standard InChI is InChI=1S/C25H27N3O5S/c1-2-18-10-11-21(16-23(18)34(31,32)28-12-14-33-15-13-28)25(30)27-26-24(29)17-20-8-5-7-19-6-3-4-9-22(19)20/h3-11,16H,2,12-15,17H2,1H3,(H,26,29)(H,27,30). The van der Waals surface area contributed by atoms with Crippen LogP contribution in [0.4, 0.5) is 0 Å². The van der Waals surface area contributed by atoms with Gasteiger partial charge in [-0.3, -0.25) is 20.4 Å². The van der Waals surface area contributed by atoms with Crippen LogP contribution < -0.4 is 10.9 Å². The topological polar surface area (TPSA) is 105 Å². The monoisotopic (exact) mass is 481 g/mol. The third-order valence-corrected chi connectivity index (χ3v) is 7.83. The van der Waals surface area contributed by atoms with Crippen LogP contribution in [0.5, 0.6) is 0 Å². The van der Waals surface area contributed by atoms with E-state index in [1.807, 2.05) is 49.4 Å². The molecule has 1 heterocycles. The van der Waals surface area contributed by atoms with E-state index in [-0.39, 0.29) is 35.9 Å². The maximum Gasteiger partial charge on any atom is 0.269 e. The van der Waals surface area contributed by atoms with Crippen molar-refractivity contribution in [1.82, 2.24) is 15.2 Å². The van der Waals surface area contributed by atoms with Crippen molar-refractivity contribution in [2.24, 2.45) is 0 Å². The average Bonchev–Trinajstić information content (AvgIpc) is 2.87. The summed E-state index contributed by atoms with van der Waals surface area (Å²) in [5.41, 5.74) is 6.44. The minimum atomic E-state index is -3.77. The second kappa shape index (κ2) is 10.3. The Kier molecular flexibility index (Phi) is 7.26. The van der Waals surface area contributed by atoms with Crippen LogP contribution in [0.2, 0.25) is 0 Å². The molecule has 2 amide bonds. The molecule has 3 aromatic carbocycles. The van der Waals surface area contributed by atoms with Crippen molar-refractivity contribution in [3.05, 3.63) is 77.4 Å². The fraction of sp³-hybridized carbons (Fsp3) is 0.280. The second-order valence-corrected chi connectivity index (χ2v) is 9.92. The highest BCUT2D eigenvalue weighted by atomic mass is 32.2. The number of hydrazine groups is 1. The highest BCUT2D eigenvalue weighted by molar-refractivity contribution is 7.89. The van der Waals surface area contributed by atoms with E-state index in [0.717, 1.165) is 16.3 Å². The number of ether oxygens (including phenoxy) is 1. The molecule has 34 heavy (non-hydrogen) atoms. The third-order valence-electron chi connectivity index (χ3n) is 5.84. The predicted octanol–water partition coefficient (Wildman–Crippen LogP) is 2.43. The molecule has 0 saturated carbocycles. The number of benzene rings is 3. The lowest BCUT2D eigenvalue weighted by Crippen LogP contribution is -2.43. The van der Waals surface area contributed by atoms with E-state index >= 15 is 0 Å². The maximum atomic E-state index is 13.2. The lowest BCUT2D eigenvalue weighted by Gasteiger charge is -2.27. The smallest absolute Gasteiger partial charge is 0.269 e. The molecule has 8 nitrogen and oxygen atoms in total. The number of nitrogens with zero attached hydrogens (tertiary/aromatic N) is 1. The van der Waals surface area contributed by atoms with Gasteiger partial charge in [0.25, 0.3) is 5.91 Å². The molecule has 0 radical (unpaired) electrons. The molecular weight excluding hydrogens is 454 g/mol. The number of morpholine rings is 1. The molecule has 1 fully saturated rings. The molecule has 3 aromatic rings. The van der Waals surface area contributed by atoms with Gasteiger partial charge in [0, 0.05) is 18.7 Å². The summed E-state index contributed by atoms with van der Waals surface area (Å²) in [6.07, 6.45) is 0.593. The molecule has 0 aromatic heterocycles. The van der Waals surface area contributed by atoms with E-state index in [1.54, 1.807) is 12.1 Å². The number of carbonyl (C=O) groups is 2. The Morgan fingerprint density at radius 1 is 0.941 bits per heavy atom. The van der Waals surface area contributed by atoms with E-state index in [4.69, 9.17) is 4.74 Å². The molecule has 0 unspecified atom stereocenters. The highest BCUT2D eigenvalue weighted by Crippen LogP contribution is 2.23. The summed E-state index contributed by atoms with van der Waals surface area (Å²) in [6.45, 7) is 3.08. The van der Waals surface area contributed by atoms with Crippen molar-refractivity contribution in [1.29, 1.82) is 0 Å². The van der Waals surface area contributed by atoms with Crippen LogP contribution in [0.25, 0.3) is 10.8 Å². The lowest BCUT2D eigenvalue weighted by atomic mass is 10.0. The predicted molar refractivity (Wildman–Crippen MR) is 129 cm³/mol. The lowest BCUT2D eigenvalue weighted by molar-refractivity contribution is -0.121. The molecule has 1 aliphatic heterocycles. The molecule has 4 rings (SSSR count). The largest absolute Gasteiger partial charge is 0.379 e. The summed E-state index contributed by atoms with van der Waals surface area (Å²) in [5, 5.41) is 2.00. The zero-order valence-corrected chi connectivity index (χ0v) is 19.7. The van der Waals surface area contributed by atoms with Crippen LogP contribution in [-0.2, 0) is 32.4 Å². The normalized spacial score (nSPS) is 14.6. The zero-order valence-electron chi connectivity index (χ0n) is 18.9. The summed E-state index contributed by atoms with van der Waals surface area (Å²) in [5.74, 6) is -0.969. The van der Waals surface area contributed by atoms with Crippen molar-refractivity contribution < 1.29 is 22.7 Å². The summed E-state index contributed by atoms with van der Waals surface area (Å²) < 4.78 is 33.0. The van der Waals surface area contributed by atoms with Gasteiger partial charge < -0.3 is 4.74 Å². The fourth-order valence-electron chi connectivity index (χ4n) is 4.02. The Morgan fingerprint density at radius 3 is 2.44 bits per heavy atom. The molecule has 0 aliphatic carbocycles. The number of aryl methyl sites for hydroxylation is 1. The van der Waals surface area contributed by atoms with Crippen molar-refractivity contribution in [2.75, 3.05) is 26.3 Å². The van der Waals surface area contributed by atoms with E-state index in [1.165, 1.54) is 10.4 Å². The van der Waals surface area contributed by atoms with E-state index in [2.05, 4.69) is 10.9 Å². The Labute approximate surface area is 198 Å². The van der Waals surface area contributed by atoms with E-state index in [9.17, 15) is 18.0 Å². The van der Waals surface area contributed by atoms with Gasteiger partial charge in [0.1, 0.15) is 0 Å². The summed E-state index contributed by atoms with van der Waals surface area (Å²) in [6, 6.07) is 18.1.